The van der Waals surface area contributed by atoms with E-state index in [0.29, 0.717) is 6.04 Å². The fourth-order valence-corrected chi connectivity index (χ4v) is 2.90. The largest absolute Gasteiger partial charge is 0.364 e. The molecule has 0 saturated carbocycles. The second-order valence-electron chi connectivity index (χ2n) is 6.50. The van der Waals surface area contributed by atoms with Crippen LogP contribution >= 0.6 is 0 Å². The molecule has 122 valence electrons. The van der Waals surface area contributed by atoms with Gasteiger partial charge >= 0.3 is 0 Å². The third-order valence-electron chi connectivity index (χ3n) is 4.31. The van der Waals surface area contributed by atoms with Gasteiger partial charge in [0.1, 0.15) is 6.10 Å². The van der Waals surface area contributed by atoms with E-state index in [9.17, 15) is 4.79 Å². The Kier molecular flexibility index (Phi) is 5.98. The van der Waals surface area contributed by atoms with Crippen molar-refractivity contribution in [3.63, 3.8) is 0 Å². The van der Waals surface area contributed by atoms with Gasteiger partial charge in [-0.2, -0.15) is 0 Å². The molecule has 2 rings (SSSR count). The quantitative estimate of drug-likeness (QED) is 0.875. The number of ether oxygens (including phenoxy) is 1. The fourth-order valence-electron chi connectivity index (χ4n) is 2.90. The Bertz CT molecular complexity index is 502. The predicted octanol–water partition coefficient (Wildman–Crippen LogP) is 2.15. The first kappa shape index (κ1) is 17.0. The van der Waals surface area contributed by atoms with Crippen LogP contribution in [-0.4, -0.2) is 49.7 Å². The van der Waals surface area contributed by atoms with Crippen molar-refractivity contribution < 1.29 is 9.53 Å². The monoisotopic (exact) mass is 304 g/mol. The number of carbonyl (C=O) groups excluding carboxylic acids is 1. The summed E-state index contributed by atoms with van der Waals surface area (Å²) in [6.45, 7) is 5.16. The summed E-state index contributed by atoms with van der Waals surface area (Å²) in [5.41, 5.74) is 2.72. The summed E-state index contributed by atoms with van der Waals surface area (Å²) in [4.78, 5) is 13.5. The van der Waals surface area contributed by atoms with Crippen LogP contribution in [0.4, 0.5) is 0 Å². The maximum absolute atomic E-state index is 11.9. The van der Waals surface area contributed by atoms with E-state index in [2.05, 4.69) is 43.4 Å². The Hall–Kier alpha value is -1.39. The van der Waals surface area contributed by atoms with E-state index in [1.807, 2.05) is 0 Å². The fraction of sp³-hybridized carbons (Fsp3) is 0.611. The van der Waals surface area contributed by atoms with Crippen LogP contribution in [0.1, 0.15) is 30.9 Å². The van der Waals surface area contributed by atoms with Crippen LogP contribution in [0.25, 0.3) is 0 Å². The van der Waals surface area contributed by atoms with Crippen molar-refractivity contribution in [2.75, 3.05) is 20.6 Å². The molecule has 1 aliphatic rings. The van der Waals surface area contributed by atoms with E-state index in [1.165, 1.54) is 11.1 Å². The molecule has 1 fully saturated rings. The minimum absolute atomic E-state index is 0.0791. The molecule has 4 heteroatoms. The average Bonchev–Trinajstić information content (AvgIpc) is 2.95. The minimum Gasteiger partial charge on any atom is -0.364 e. The normalized spacial score (nSPS) is 22.5. The number of likely N-dealkylation sites (N-methyl/N-ethyl adjacent to an activating group) is 1. The van der Waals surface area contributed by atoms with Crippen LogP contribution in [0.3, 0.4) is 0 Å². The Morgan fingerprint density at radius 1 is 1.36 bits per heavy atom. The molecule has 1 amide bonds. The van der Waals surface area contributed by atoms with Crippen LogP contribution in [0.5, 0.6) is 0 Å². The van der Waals surface area contributed by atoms with Crippen LogP contribution in [0.2, 0.25) is 0 Å². The van der Waals surface area contributed by atoms with Gasteiger partial charge in [-0.25, -0.2) is 0 Å². The first-order valence-electron chi connectivity index (χ1n) is 8.12. The molecule has 1 aliphatic heterocycles. The van der Waals surface area contributed by atoms with Gasteiger partial charge in [0.25, 0.3) is 5.91 Å². The lowest BCUT2D eigenvalue weighted by atomic mass is 10.0. The van der Waals surface area contributed by atoms with Gasteiger partial charge < -0.3 is 15.0 Å². The molecule has 0 unspecified atom stereocenters. The smallest absolute Gasteiger partial charge is 0.251 e. The Labute approximate surface area is 133 Å². The number of nitrogens with zero attached hydrogens (tertiary/aromatic N) is 1. The highest BCUT2D eigenvalue weighted by Gasteiger charge is 2.31. The molecular formula is C18H28N2O2. The van der Waals surface area contributed by atoms with Gasteiger partial charge in [-0.05, 0) is 44.2 Å². The summed E-state index contributed by atoms with van der Waals surface area (Å²) < 4.78 is 5.86. The van der Waals surface area contributed by atoms with Crippen LogP contribution < -0.4 is 5.32 Å². The zero-order chi connectivity index (χ0) is 16.1. The molecule has 22 heavy (non-hydrogen) atoms. The van der Waals surface area contributed by atoms with Gasteiger partial charge in [-0.15, -0.1) is 0 Å². The Morgan fingerprint density at radius 2 is 2.09 bits per heavy atom. The average molecular weight is 304 g/mol. The molecule has 1 aromatic rings. The highest BCUT2D eigenvalue weighted by molar-refractivity contribution is 5.80. The van der Waals surface area contributed by atoms with Crippen LogP contribution in [0.15, 0.2) is 24.3 Å². The molecule has 0 aromatic heterocycles. The SMILES string of the molecule is Cc1ccccc1C[C@H](C)NC[C@H]1CC[C@H](C(=O)N(C)C)O1. The van der Waals surface area contributed by atoms with Crippen molar-refractivity contribution in [1.82, 2.24) is 10.2 Å². The number of carbonyl (C=O) groups is 1. The van der Waals surface area contributed by atoms with Gasteiger partial charge in [0.2, 0.25) is 0 Å². The van der Waals surface area contributed by atoms with Crippen molar-refractivity contribution in [2.24, 2.45) is 0 Å². The van der Waals surface area contributed by atoms with Crippen molar-refractivity contribution in [3.05, 3.63) is 35.4 Å². The Morgan fingerprint density at radius 3 is 2.77 bits per heavy atom. The van der Waals surface area contributed by atoms with Crippen LogP contribution in [0, 0.1) is 6.92 Å². The lowest BCUT2D eigenvalue weighted by molar-refractivity contribution is -0.140. The minimum atomic E-state index is -0.256. The Balaban J connectivity index is 1.75. The number of nitrogens with one attached hydrogen (secondary N) is 1. The van der Waals surface area contributed by atoms with Gasteiger partial charge in [0.15, 0.2) is 0 Å². The van der Waals surface area contributed by atoms with Gasteiger partial charge in [0.05, 0.1) is 6.10 Å². The van der Waals surface area contributed by atoms with Gasteiger partial charge in [-0.1, -0.05) is 24.3 Å². The number of hydrogen-bond acceptors (Lipinski definition) is 3. The maximum Gasteiger partial charge on any atom is 0.251 e. The van der Waals surface area contributed by atoms with E-state index >= 15 is 0 Å². The molecule has 4 nitrogen and oxygen atoms in total. The maximum atomic E-state index is 11.9. The summed E-state index contributed by atoms with van der Waals surface area (Å²) in [6, 6.07) is 8.90. The first-order valence-corrected chi connectivity index (χ1v) is 8.12. The molecule has 3 atom stereocenters. The molecule has 0 bridgehead atoms. The number of aryl methyl sites for hydroxylation is 1. The summed E-state index contributed by atoms with van der Waals surface area (Å²) >= 11 is 0. The van der Waals surface area contributed by atoms with Gasteiger partial charge in [-0.3, -0.25) is 4.79 Å². The lowest BCUT2D eigenvalue weighted by Gasteiger charge is -2.20. The summed E-state index contributed by atoms with van der Waals surface area (Å²) in [5, 5.41) is 3.54. The predicted molar refractivity (Wildman–Crippen MR) is 88.9 cm³/mol. The third kappa shape index (κ3) is 4.55. The highest BCUT2D eigenvalue weighted by Crippen LogP contribution is 2.20. The summed E-state index contributed by atoms with van der Waals surface area (Å²) in [6.07, 6.45) is 2.69. The third-order valence-corrected chi connectivity index (χ3v) is 4.31. The zero-order valence-electron chi connectivity index (χ0n) is 14.1. The molecule has 0 aliphatic carbocycles. The van der Waals surface area contributed by atoms with E-state index in [-0.39, 0.29) is 18.1 Å². The molecule has 1 heterocycles. The molecule has 1 N–H and O–H groups in total. The molecule has 0 radical (unpaired) electrons. The topological polar surface area (TPSA) is 41.6 Å². The van der Waals surface area contributed by atoms with E-state index in [1.54, 1.807) is 19.0 Å². The molecule has 0 spiro atoms. The van der Waals surface area contributed by atoms with Crippen molar-refractivity contribution in [1.29, 1.82) is 0 Å². The molecule has 1 aromatic carbocycles. The number of hydrogen-bond donors (Lipinski definition) is 1. The second kappa shape index (κ2) is 7.75. The number of benzene rings is 1. The molecule has 1 saturated heterocycles. The van der Waals surface area contributed by atoms with E-state index in [4.69, 9.17) is 4.74 Å². The highest BCUT2D eigenvalue weighted by atomic mass is 16.5. The van der Waals surface area contributed by atoms with Crippen molar-refractivity contribution in [3.8, 4) is 0 Å². The second-order valence-corrected chi connectivity index (χ2v) is 6.50. The first-order chi connectivity index (χ1) is 10.5. The lowest BCUT2D eigenvalue weighted by Crippen LogP contribution is -2.37. The number of rotatable bonds is 6. The van der Waals surface area contributed by atoms with Crippen molar-refractivity contribution in [2.45, 2.75) is 51.4 Å². The zero-order valence-corrected chi connectivity index (χ0v) is 14.1. The summed E-state index contributed by atoms with van der Waals surface area (Å²) in [7, 11) is 3.56. The molecular weight excluding hydrogens is 276 g/mol. The van der Waals surface area contributed by atoms with Crippen LogP contribution in [-0.2, 0) is 16.0 Å². The van der Waals surface area contributed by atoms with E-state index in [0.717, 1.165) is 25.8 Å². The van der Waals surface area contributed by atoms with Crippen molar-refractivity contribution >= 4 is 5.91 Å². The van der Waals surface area contributed by atoms with E-state index < -0.39 is 0 Å². The van der Waals surface area contributed by atoms with Gasteiger partial charge in [0, 0.05) is 26.7 Å². The summed E-state index contributed by atoms with van der Waals surface area (Å²) in [5.74, 6) is 0.0791. The number of amides is 1. The standard InChI is InChI=1S/C18H28N2O2/c1-13-7-5-6-8-15(13)11-14(2)19-12-16-9-10-17(22-16)18(21)20(3)4/h5-8,14,16-17,19H,9-12H2,1-4H3/t14-,16+,17+/m0/s1.